The van der Waals surface area contributed by atoms with E-state index < -0.39 is 0 Å². The molecule has 0 amide bonds. The summed E-state index contributed by atoms with van der Waals surface area (Å²) in [5.74, 6) is 0. The van der Waals surface area contributed by atoms with E-state index in [1.807, 2.05) is 0 Å². The molecular weight excluding hydrogens is 468 g/mol. The van der Waals surface area contributed by atoms with Crippen LogP contribution in [0.2, 0.25) is 0 Å². The maximum atomic E-state index is 2.38. The molecular formula is C39H28. The van der Waals surface area contributed by atoms with E-state index in [0.717, 1.165) is 0 Å². The van der Waals surface area contributed by atoms with Crippen molar-refractivity contribution in [1.29, 1.82) is 0 Å². The van der Waals surface area contributed by atoms with Gasteiger partial charge in [0.05, 0.1) is 0 Å². The summed E-state index contributed by atoms with van der Waals surface area (Å²) in [6.07, 6.45) is 0. The molecule has 0 unspecified atom stereocenters. The standard InChI is InChI=1S/C39H28/c1-39(2)33-22-12-21-32(38(33)37-27-16-7-6-13-25(27)23-24-34(37)39)36-30-19-10-8-17-28(30)35(26-14-4-3-5-15-26)29-18-9-11-20-31(29)36/h3-24H,1-2H3. The fraction of sp³-hybridized carbons (Fsp3) is 0.0769. The van der Waals surface area contributed by atoms with E-state index in [0.29, 0.717) is 0 Å². The average molecular weight is 497 g/mol. The Morgan fingerprint density at radius 3 is 1.56 bits per heavy atom. The third kappa shape index (κ3) is 3.06. The Labute approximate surface area is 229 Å². The van der Waals surface area contributed by atoms with Crippen molar-refractivity contribution in [1.82, 2.24) is 0 Å². The van der Waals surface area contributed by atoms with Crippen LogP contribution in [0.15, 0.2) is 133 Å². The molecule has 8 rings (SSSR count). The molecule has 0 spiro atoms. The van der Waals surface area contributed by atoms with Crippen molar-refractivity contribution in [2.75, 3.05) is 0 Å². The lowest BCUT2D eigenvalue weighted by atomic mass is 9.80. The molecule has 0 nitrogen and oxygen atoms in total. The van der Waals surface area contributed by atoms with Crippen LogP contribution in [-0.4, -0.2) is 0 Å². The monoisotopic (exact) mass is 496 g/mol. The molecule has 0 fully saturated rings. The molecule has 0 radical (unpaired) electrons. The lowest BCUT2D eigenvalue weighted by molar-refractivity contribution is 0.661. The van der Waals surface area contributed by atoms with Crippen molar-refractivity contribution in [3.05, 3.63) is 145 Å². The van der Waals surface area contributed by atoms with Gasteiger partial charge in [-0.1, -0.05) is 147 Å². The van der Waals surface area contributed by atoms with Gasteiger partial charge in [0.2, 0.25) is 0 Å². The van der Waals surface area contributed by atoms with Crippen LogP contribution in [0.3, 0.4) is 0 Å². The molecule has 0 aliphatic heterocycles. The molecule has 0 heteroatoms. The predicted octanol–water partition coefficient (Wildman–Crippen LogP) is 10.8. The Balaban J connectivity index is 1.57. The maximum absolute atomic E-state index is 2.38. The second-order valence-corrected chi connectivity index (χ2v) is 11.3. The molecule has 0 aromatic heterocycles. The topological polar surface area (TPSA) is 0 Å². The van der Waals surface area contributed by atoms with E-state index in [9.17, 15) is 0 Å². The minimum absolute atomic E-state index is 0.0692. The maximum Gasteiger partial charge on any atom is 0.0159 e. The van der Waals surface area contributed by atoms with Crippen LogP contribution in [0, 0.1) is 0 Å². The number of hydrogen-bond acceptors (Lipinski definition) is 0. The lowest BCUT2D eigenvalue weighted by Crippen LogP contribution is -2.14. The summed E-state index contributed by atoms with van der Waals surface area (Å²) in [5.41, 5.74) is 10.7. The van der Waals surface area contributed by atoms with Crippen molar-refractivity contribution in [2.45, 2.75) is 19.3 Å². The highest BCUT2D eigenvalue weighted by molar-refractivity contribution is 6.23. The van der Waals surface area contributed by atoms with Crippen molar-refractivity contribution in [2.24, 2.45) is 0 Å². The van der Waals surface area contributed by atoms with Gasteiger partial charge in [0, 0.05) is 5.41 Å². The molecule has 1 aliphatic rings. The third-order valence-electron chi connectivity index (χ3n) is 8.85. The minimum atomic E-state index is -0.0692. The summed E-state index contributed by atoms with van der Waals surface area (Å²) in [5, 5.41) is 7.83. The number of hydrogen-bond donors (Lipinski definition) is 0. The minimum Gasteiger partial charge on any atom is -0.0622 e. The number of benzene rings is 7. The third-order valence-corrected chi connectivity index (χ3v) is 8.85. The fourth-order valence-electron chi connectivity index (χ4n) is 7.09. The molecule has 0 saturated carbocycles. The second kappa shape index (κ2) is 8.16. The molecule has 0 saturated heterocycles. The first kappa shape index (κ1) is 22.3. The molecule has 39 heavy (non-hydrogen) atoms. The largest absolute Gasteiger partial charge is 0.0622 e. The van der Waals surface area contributed by atoms with Crippen molar-refractivity contribution in [3.8, 4) is 33.4 Å². The van der Waals surface area contributed by atoms with E-state index in [1.165, 1.54) is 76.8 Å². The summed E-state index contributed by atoms with van der Waals surface area (Å²) in [4.78, 5) is 0. The first-order chi connectivity index (χ1) is 19.1. The van der Waals surface area contributed by atoms with Gasteiger partial charge in [0.15, 0.2) is 0 Å². The Kier molecular flexibility index (Phi) is 4.67. The summed E-state index contributed by atoms with van der Waals surface area (Å²) in [6, 6.07) is 49.2. The van der Waals surface area contributed by atoms with E-state index in [2.05, 4.69) is 147 Å². The fourth-order valence-corrected chi connectivity index (χ4v) is 7.09. The van der Waals surface area contributed by atoms with Crippen LogP contribution in [0.25, 0.3) is 65.7 Å². The van der Waals surface area contributed by atoms with Gasteiger partial charge in [-0.25, -0.2) is 0 Å². The highest BCUT2D eigenvalue weighted by Gasteiger charge is 2.38. The average Bonchev–Trinajstić information content (AvgIpc) is 3.23. The molecule has 1 aliphatic carbocycles. The quantitative estimate of drug-likeness (QED) is 0.209. The number of fused-ring (bicyclic) bond motifs is 7. The van der Waals surface area contributed by atoms with Gasteiger partial charge in [0.1, 0.15) is 0 Å². The van der Waals surface area contributed by atoms with E-state index in [-0.39, 0.29) is 5.41 Å². The van der Waals surface area contributed by atoms with Gasteiger partial charge in [-0.3, -0.25) is 0 Å². The summed E-state index contributed by atoms with van der Waals surface area (Å²) >= 11 is 0. The van der Waals surface area contributed by atoms with E-state index in [1.54, 1.807) is 0 Å². The molecule has 184 valence electrons. The Morgan fingerprint density at radius 2 is 0.897 bits per heavy atom. The highest BCUT2D eigenvalue weighted by atomic mass is 14.4. The van der Waals surface area contributed by atoms with Crippen LogP contribution in [0.5, 0.6) is 0 Å². The van der Waals surface area contributed by atoms with Gasteiger partial charge in [-0.2, -0.15) is 0 Å². The molecule has 0 atom stereocenters. The van der Waals surface area contributed by atoms with Crippen molar-refractivity contribution >= 4 is 32.3 Å². The molecule has 0 heterocycles. The summed E-state index contributed by atoms with van der Waals surface area (Å²) in [6.45, 7) is 4.76. The Hall–Kier alpha value is -4.68. The van der Waals surface area contributed by atoms with Crippen LogP contribution in [0.4, 0.5) is 0 Å². The summed E-state index contributed by atoms with van der Waals surface area (Å²) in [7, 11) is 0. The lowest BCUT2D eigenvalue weighted by Gasteiger charge is -2.22. The SMILES string of the molecule is CC1(C)c2cccc(-c3c4ccccc4c(-c4ccccc4)c4ccccc34)c2-c2c1ccc1ccccc21. The van der Waals surface area contributed by atoms with Gasteiger partial charge >= 0.3 is 0 Å². The van der Waals surface area contributed by atoms with E-state index in [4.69, 9.17) is 0 Å². The van der Waals surface area contributed by atoms with Crippen LogP contribution < -0.4 is 0 Å². The highest BCUT2D eigenvalue weighted by Crippen LogP contribution is 2.56. The zero-order chi connectivity index (χ0) is 26.1. The normalized spacial score (nSPS) is 13.6. The summed E-state index contributed by atoms with van der Waals surface area (Å²) < 4.78 is 0. The van der Waals surface area contributed by atoms with Crippen molar-refractivity contribution < 1.29 is 0 Å². The first-order valence-electron chi connectivity index (χ1n) is 13.8. The van der Waals surface area contributed by atoms with Crippen LogP contribution >= 0.6 is 0 Å². The van der Waals surface area contributed by atoms with Gasteiger partial charge in [-0.15, -0.1) is 0 Å². The van der Waals surface area contributed by atoms with Crippen molar-refractivity contribution in [3.63, 3.8) is 0 Å². The smallest absolute Gasteiger partial charge is 0.0159 e. The Morgan fingerprint density at radius 1 is 0.359 bits per heavy atom. The zero-order valence-corrected chi connectivity index (χ0v) is 22.2. The zero-order valence-electron chi connectivity index (χ0n) is 22.2. The second-order valence-electron chi connectivity index (χ2n) is 11.3. The molecule has 7 aromatic carbocycles. The number of rotatable bonds is 2. The predicted molar refractivity (Wildman–Crippen MR) is 167 cm³/mol. The van der Waals surface area contributed by atoms with E-state index >= 15 is 0 Å². The molecule has 0 bridgehead atoms. The van der Waals surface area contributed by atoms with Crippen LogP contribution in [-0.2, 0) is 5.41 Å². The molecule has 0 N–H and O–H groups in total. The van der Waals surface area contributed by atoms with Crippen LogP contribution in [0.1, 0.15) is 25.0 Å². The first-order valence-corrected chi connectivity index (χ1v) is 13.8. The molecule has 7 aromatic rings. The van der Waals surface area contributed by atoms with Gasteiger partial charge in [-0.05, 0) is 76.8 Å². The van der Waals surface area contributed by atoms with Gasteiger partial charge in [0.25, 0.3) is 0 Å². The Bertz CT molecular complexity index is 2020. The van der Waals surface area contributed by atoms with Gasteiger partial charge < -0.3 is 0 Å².